The smallest absolute Gasteiger partial charge is 0.0919 e. The molecule has 1 heterocycles. The number of aromatic nitrogens is 2. The third-order valence-corrected chi connectivity index (χ3v) is 2.37. The summed E-state index contributed by atoms with van der Waals surface area (Å²) in [7, 11) is 0. The Labute approximate surface area is 86.2 Å². The number of nitrogens with one attached hydrogen (secondary N) is 1. The van der Waals surface area contributed by atoms with Crippen LogP contribution in [0.3, 0.4) is 0 Å². The zero-order valence-electron chi connectivity index (χ0n) is 7.37. The van der Waals surface area contributed by atoms with E-state index in [1.54, 1.807) is 18.7 Å². The molecule has 13 heavy (non-hydrogen) atoms. The second kappa shape index (κ2) is 5.54. The van der Waals surface area contributed by atoms with E-state index in [0.29, 0.717) is 0 Å². The van der Waals surface area contributed by atoms with Crippen LogP contribution in [0.4, 0.5) is 0 Å². The first-order valence-electron chi connectivity index (χ1n) is 3.94. The second-order valence-electron chi connectivity index (χ2n) is 2.51. The van der Waals surface area contributed by atoms with E-state index in [-0.39, 0.29) is 0 Å². The van der Waals surface area contributed by atoms with Gasteiger partial charge in [-0.05, 0) is 18.6 Å². The van der Waals surface area contributed by atoms with Crippen LogP contribution in [0.25, 0.3) is 0 Å². The molecule has 0 bridgehead atoms. The summed E-state index contributed by atoms with van der Waals surface area (Å²) in [6.07, 6.45) is 5.08. The van der Waals surface area contributed by atoms with Crippen molar-refractivity contribution < 1.29 is 0 Å². The number of hydrogen-bond donors (Lipinski definition) is 1. The van der Waals surface area contributed by atoms with Crippen molar-refractivity contribution in [3.63, 3.8) is 0 Å². The van der Waals surface area contributed by atoms with Gasteiger partial charge < -0.3 is 4.98 Å². The van der Waals surface area contributed by atoms with Gasteiger partial charge in [-0.15, -0.1) is 0 Å². The van der Waals surface area contributed by atoms with Gasteiger partial charge in [-0.25, -0.2) is 4.98 Å². The third-order valence-electron chi connectivity index (χ3n) is 1.48. The fraction of sp³-hybridized carbons (Fsp3) is 0.100. The third kappa shape index (κ3) is 3.90. The van der Waals surface area contributed by atoms with Gasteiger partial charge in [-0.1, -0.05) is 34.1 Å². The summed E-state index contributed by atoms with van der Waals surface area (Å²) in [6.45, 7) is 2.07. The monoisotopic (exact) mass is 238 g/mol. The van der Waals surface area contributed by atoms with E-state index in [2.05, 4.69) is 38.9 Å². The molecular formula is C10H11BrN2. The number of benzene rings is 1. The number of halogens is 1. The van der Waals surface area contributed by atoms with E-state index in [1.807, 2.05) is 18.2 Å². The van der Waals surface area contributed by atoms with Crippen molar-refractivity contribution in [2.45, 2.75) is 6.92 Å². The van der Waals surface area contributed by atoms with Crippen LogP contribution >= 0.6 is 15.9 Å². The van der Waals surface area contributed by atoms with Gasteiger partial charge in [0.05, 0.1) is 6.33 Å². The largest absolute Gasteiger partial charge is 0.351 e. The molecule has 0 fully saturated rings. The predicted molar refractivity (Wildman–Crippen MR) is 57.5 cm³/mol. The Morgan fingerprint density at radius 3 is 2.38 bits per heavy atom. The molecule has 1 aromatic heterocycles. The van der Waals surface area contributed by atoms with Crippen LogP contribution in [0.15, 0.2) is 47.5 Å². The number of imidazole rings is 1. The molecule has 1 aromatic carbocycles. The molecule has 0 radical (unpaired) electrons. The average Bonchev–Trinajstić information content (AvgIpc) is 2.68. The summed E-state index contributed by atoms with van der Waals surface area (Å²) in [5, 5.41) is 0. The molecular weight excluding hydrogens is 228 g/mol. The maximum absolute atomic E-state index is 3.67. The Morgan fingerprint density at radius 2 is 2.08 bits per heavy atom. The topological polar surface area (TPSA) is 28.7 Å². The van der Waals surface area contributed by atoms with Crippen LogP contribution in [0.2, 0.25) is 0 Å². The van der Waals surface area contributed by atoms with Crippen molar-refractivity contribution in [3.05, 3.63) is 53.0 Å². The van der Waals surface area contributed by atoms with Gasteiger partial charge in [0.1, 0.15) is 0 Å². The van der Waals surface area contributed by atoms with E-state index in [4.69, 9.17) is 0 Å². The molecule has 0 amide bonds. The summed E-state index contributed by atoms with van der Waals surface area (Å²) in [5.74, 6) is 0. The molecule has 0 atom stereocenters. The lowest BCUT2D eigenvalue weighted by molar-refractivity contribution is 1.31. The lowest BCUT2D eigenvalue weighted by atomic mass is 10.2. The number of hydrogen-bond acceptors (Lipinski definition) is 1. The van der Waals surface area contributed by atoms with Crippen LogP contribution in [0.1, 0.15) is 5.56 Å². The number of rotatable bonds is 0. The summed E-state index contributed by atoms with van der Waals surface area (Å²) < 4.78 is 1.18. The van der Waals surface area contributed by atoms with Crippen molar-refractivity contribution in [2.24, 2.45) is 0 Å². The predicted octanol–water partition coefficient (Wildman–Crippen LogP) is 3.17. The van der Waals surface area contributed by atoms with Crippen molar-refractivity contribution in [1.82, 2.24) is 9.97 Å². The molecule has 0 unspecified atom stereocenters. The first kappa shape index (κ1) is 9.99. The molecule has 0 saturated carbocycles. The van der Waals surface area contributed by atoms with Gasteiger partial charge in [0, 0.05) is 16.9 Å². The highest BCUT2D eigenvalue weighted by Crippen LogP contribution is 2.13. The number of H-pyrrole nitrogens is 1. The molecule has 0 spiro atoms. The Bertz CT molecular complexity index is 292. The van der Waals surface area contributed by atoms with E-state index < -0.39 is 0 Å². The van der Waals surface area contributed by atoms with Crippen molar-refractivity contribution in [1.29, 1.82) is 0 Å². The first-order valence-corrected chi connectivity index (χ1v) is 4.74. The van der Waals surface area contributed by atoms with Gasteiger partial charge in [0.25, 0.3) is 0 Å². The average molecular weight is 239 g/mol. The minimum atomic E-state index is 1.18. The minimum Gasteiger partial charge on any atom is -0.351 e. The fourth-order valence-corrected chi connectivity index (χ4v) is 1.05. The first-order chi connectivity index (χ1) is 6.30. The zero-order valence-corrected chi connectivity index (χ0v) is 8.95. The van der Waals surface area contributed by atoms with Crippen LogP contribution in [-0.4, -0.2) is 9.97 Å². The zero-order chi connectivity index (χ0) is 9.52. The van der Waals surface area contributed by atoms with Crippen LogP contribution in [0.5, 0.6) is 0 Å². The number of nitrogens with zero attached hydrogens (tertiary/aromatic N) is 1. The van der Waals surface area contributed by atoms with Gasteiger partial charge in [0.15, 0.2) is 0 Å². The van der Waals surface area contributed by atoms with Crippen molar-refractivity contribution >= 4 is 15.9 Å². The Morgan fingerprint density at radius 1 is 1.31 bits per heavy atom. The lowest BCUT2D eigenvalue weighted by Crippen LogP contribution is -1.69. The molecule has 0 aliphatic heterocycles. The van der Waals surface area contributed by atoms with E-state index in [1.165, 1.54) is 10.0 Å². The Balaban J connectivity index is 0.000000145. The molecule has 2 rings (SSSR count). The van der Waals surface area contributed by atoms with E-state index in [0.717, 1.165) is 0 Å². The van der Waals surface area contributed by atoms with Gasteiger partial charge in [0.2, 0.25) is 0 Å². The van der Waals surface area contributed by atoms with Crippen LogP contribution < -0.4 is 0 Å². The van der Waals surface area contributed by atoms with Crippen LogP contribution in [-0.2, 0) is 0 Å². The van der Waals surface area contributed by atoms with E-state index >= 15 is 0 Å². The van der Waals surface area contributed by atoms with Gasteiger partial charge in [-0.3, -0.25) is 0 Å². The van der Waals surface area contributed by atoms with E-state index in [9.17, 15) is 0 Å². The molecule has 0 aliphatic rings. The Hall–Kier alpha value is -1.09. The summed E-state index contributed by atoms with van der Waals surface area (Å²) in [5.41, 5.74) is 1.28. The Kier molecular flexibility index (Phi) is 4.26. The summed E-state index contributed by atoms with van der Waals surface area (Å²) in [6, 6.07) is 8.15. The lowest BCUT2D eigenvalue weighted by Gasteiger charge is -1.91. The molecule has 1 N–H and O–H groups in total. The minimum absolute atomic E-state index is 1.18. The molecule has 2 nitrogen and oxygen atoms in total. The summed E-state index contributed by atoms with van der Waals surface area (Å²) in [4.78, 5) is 6.42. The maximum atomic E-state index is 3.67. The van der Waals surface area contributed by atoms with Crippen molar-refractivity contribution in [2.75, 3.05) is 0 Å². The molecule has 68 valence electrons. The highest BCUT2D eigenvalue weighted by molar-refractivity contribution is 9.10. The quantitative estimate of drug-likeness (QED) is 0.751. The standard InChI is InChI=1S/C7H7Br.C3H4N2/c1-6-4-2-3-5-7(6)8;1-2-5-3-4-1/h2-5H,1H3;1-3H,(H,4,5). The van der Waals surface area contributed by atoms with Gasteiger partial charge in [-0.2, -0.15) is 0 Å². The second-order valence-corrected chi connectivity index (χ2v) is 3.36. The number of aromatic amines is 1. The summed E-state index contributed by atoms with van der Waals surface area (Å²) >= 11 is 3.40. The van der Waals surface area contributed by atoms with Crippen molar-refractivity contribution in [3.8, 4) is 0 Å². The highest BCUT2D eigenvalue weighted by atomic mass is 79.9. The fourth-order valence-electron chi connectivity index (χ4n) is 0.766. The maximum Gasteiger partial charge on any atom is 0.0919 e. The SMILES string of the molecule is Cc1ccccc1Br.c1c[nH]cn1. The number of aryl methyl sites for hydroxylation is 1. The van der Waals surface area contributed by atoms with Crippen LogP contribution in [0, 0.1) is 6.92 Å². The molecule has 0 aliphatic carbocycles. The molecule has 2 aromatic rings. The highest BCUT2D eigenvalue weighted by Gasteiger charge is 1.86. The molecule has 0 saturated heterocycles. The molecule has 3 heteroatoms. The van der Waals surface area contributed by atoms with Gasteiger partial charge >= 0.3 is 0 Å². The normalized spacial score (nSPS) is 8.77.